The zero-order chi connectivity index (χ0) is 27.8. The molecule has 0 spiro atoms. The Bertz CT molecular complexity index is 897. The number of carbonyl (C=O) groups excluding carboxylic acids is 1. The van der Waals surface area contributed by atoms with Gasteiger partial charge in [0.2, 0.25) is 0 Å². The van der Waals surface area contributed by atoms with Gasteiger partial charge in [0, 0.05) is 50.6 Å². The molecule has 0 atom stereocenters. The van der Waals surface area contributed by atoms with Gasteiger partial charge in [0.25, 0.3) is 0 Å². The van der Waals surface area contributed by atoms with E-state index in [0.717, 1.165) is 44.9 Å². The molecule has 0 radical (unpaired) electrons. The number of rotatable bonds is 10. The Morgan fingerprint density at radius 2 is 1.57 bits per heavy atom. The quantitative estimate of drug-likeness (QED) is 0.282. The zero-order valence-corrected chi connectivity index (χ0v) is 26.8. The molecular weight excluding hydrogens is 522 g/mol. The third-order valence-corrected chi connectivity index (χ3v) is 9.49. The summed E-state index contributed by atoms with van der Waals surface area (Å²) in [6.45, 7) is 19.7. The molecule has 4 rings (SSSR count). The standard InChI is InChI=1S/C33H55N3O3.ClH/c1-6-8-17-34-20-22-36(23-21-34)31-14-13-28(24-30(31)26-9-11-27(12-10-26)33(3,4)5)35-18-15-29(16-19-35)39-25-32(37)38-7-2;/h13-14,24,26-27,29H,6-12,15-23,25H2,1-5H3;1H. The van der Waals surface area contributed by atoms with Gasteiger partial charge in [-0.1, -0.05) is 34.1 Å². The van der Waals surface area contributed by atoms with Crippen LogP contribution in [0.25, 0.3) is 0 Å². The van der Waals surface area contributed by atoms with Crippen molar-refractivity contribution in [2.24, 2.45) is 11.3 Å². The molecule has 0 unspecified atom stereocenters. The highest BCUT2D eigenvalue weighted by Gasteiger charge is 2.32. The summed E-state index contributed by atoms with van der Waals surface area (Å²) in [5.74, 6) is 1.23. The van der Waals surface area contributed by atoms with Gasteiger partial charge in [-0.25, -0.2) is 4.79 Å². The first kappa shape index (κ1) is 33.0. The van der Waals surface area contributed by atoms with Crippen molar-refractivity contribution < 1.29 is 14.3 Å². The largest absolute Gasteiger partial charge is 0.464 e. The minimum Gasteiger partial charge on any atom is -0.464 e. The van der Waals surface area contributed by atoms with Gasteiger partial charge in [0.05, 0.1) is 12.7 Å². The maximum Gasteiger partial charge on any atom is 0.332 e. The molecule has 40 heavy (non-hydrogen) atoms. The lowest BCUT2D eigenvalue weighted by molar-refractivity contribution is -0.150. The lowest BCUT2D eigenvalue weighted by Crippen LogP contribution is -2.47. The molecule has 7 heteroatoms. The Hall–Kier alpha value is -1.50. The van der Waals surface area contributed by atoms with Crippen LogP contribution >= 0.6 is 12.4 Å². The maximum absolute atomic E-state index is 11.7. The van der Waals surface area contributed by atoms with Crippen LogP contribution in [0.2, 0.25) is 0 Å². The van der Waals surface area contributed by atoms with E-state index in [9.17, 15) is 4.79 Å². The summed E-state index contributed by atoms with van der Waals surface area (Å²) < 4.78 is 10.9. The Kier molecular flexibility index (Phi) is 12.9. The lowest BCUT2D eigenvalue weighted by Gasteiger charge is -2.41. The second-order valence-corrected chi connectivity index (χ2v) is 13.1. The van der Waals surface area contributed by atoms with Crippen LogP contribution in [0.15, 0.2) is 18.2 Å². The fourth-order valence-corrected chi connectivity index (χ4v) is 6.89. The van der Waals surface area contributed by atoms with E-state index in [1.165, 1.54) is 69.5 Å². The van der Waals surface area contributed by atoms with Gasteiger partial charge in [-0.2, -0.15) is 0 Å². The lowest BCUT2D eigenvalue weighted by atomic mass is 9.68. The summed E-state index contributed by atoms with van der Waals surface area (Å²) in [7, 11) is 0. The number of benzene rings is 1. The molecule has 0 bridgehead atoms. The number of nitrogens with zero attached hydrogens (tertiary/aromatic N) is 3. The van der Waals surface area contributed by atoms with E-state index >= 15 is 0 Å². The van der Waals surface area contributed by atoms with E-state index in [4.69, 9.17) is 9.47 Å². The molecule has 2 saturated heterocycles. The van der Waals surface area contributed by atoms with Gasteiger partial charge in [0.15, 0.2) is 0 Å². The number of esters is 1. The van der Waals surface area contributed by atoms with Crippen LogP contribution < -0.4 is 9.80 Å². The number of halogens is 1. The number of carbonyl (C=O) groups is 1. The first-order chi connectivity index (χ1) is 18.8. The molecule has 1 saturated carbocycles. The van der Waals surface area contributed by atoms with E-state index in [0.29, 0.717) is 17.9 Å². The molecule has 1 aliphatic carbocycles. The first-order valence-corrected chi connectivity index (χ1v) is 15.9. The molecule has 3 fully saturated rings. The monoisotopic (exact) mass is 577 g/mol. The molecule has 0 aromatic heterocycles. The molecule has 2 heterocycles. The molecule has 0 N–H and O–H groups in total. The molecule has 0 amide bonds. The van der Waals surface area contributed by atoms with E-state index in [1.807, 2.05) is 6.92 Å². The predicted molar refractivity (Wildman–Crippen MR) is 169 cm³/mol. The second kappa shape index (κ2) is 15.7. The van der Waals surface area contributed by atoms with Gasteiger partial charge in [0.1, 0.15) is 6.61 Å². The number of piperazine rings is 1. The van der Waals surface area contributed by atoms with Crippen molar-refractivity contribution in [3.8, 4) is 0 Å². The maximum atomic E-state index is 11.7. The molecular formula is C33H56ClN3O3. The van der Waals surface area contributed by atoms with Crippen LogP contribution in [-0.4, -0.2) is 76.0 Å². The summed E-state index contributed by atoms with van der Waals surface area (Å²) >= 11 is 0. The summed E-state index contributed by atoms with van der Waals surface area (Å²) in [5, 5.41) is 0. The van der Waals surface area contributed by atoms with Crippen LogP contribution in [0.1, 0.15) is 97.5 Å². The molecule has 2 aliphatic heterocycles. The van der Waals surface area contributed by atoms with Crippen molar-refractivity contribution in [3.05, 3.63) is 23.8 Å². The van der Waals surface area contributed by atoms with Crippen LogP contribution in [0, 0.1) is 11.3 Å². The molecule has 228 valence electrons. The molecule has 1 aromatic carbocycles. The van der Waals surface area contributed by atoms with Crippen molar-refractivity contribution in [3.63, 3.8) is 0 Å². The Balaban J connectivity index is 0.00000441. The van der Waals surface area contributed by atoms with Crippen molar-refractivity contribution in [1.29, 1.82) is 0 Å². The van der Waals surface area contributed by atoms with Crippen molar-refractivity contribution in [2.45, 2.75) is 98.0 Å². The topological polar surface area (TPSA) is 45.2 Å². The molecule has 6 nitrogen and oxygen atoms in total. The highest BCUT2D eigenvalue weighted by Crippen LogP contribution is 2.46. The number of piperidine rings is 1. The zero-order valence-electron chi connectivity index (χ0n) is 26.0. The molecule has 3 aliphatic rings. The van der Waals surface area contributed by atoms with Gasteiger partial charge < -0.3 is 19.3 Å². The third kappa shape index (κ3) is 9.00. The number of hydrogen-bond donors (Lipinski definition) is 0. The fraction of sp³-hybridized carbons (Fsp3) is 0.788. The van der Waals surface area contributed by atoms with Crippen molar-refractivity contribution >= 4 is 29.8 Å². The predicted octanol–water partition coefficient (Wildman–Crippen LogP) is 6.90. The number of unbranched alkanes of at least 4 members (excludes halogenated alkanes) is 1. The molecule has 1 aromatic rings. The number of anilines is 2. The van der Waals surface area contributed by atoms with Crippen LogP contribution in [0.5, 0.6) is 0 Å². The highest BCUT2D eigenvalue weighted by atomic mass is 35.5. The average molecular weight is 578 g/mol. The van der Waals surface area contributed by atoms with Gasteiger partial charge in [-0.3, -0.25) is 4.90 Å². The first-order valence-electron chi connectivity index (χ1n) is 15.9. The Labute approximate surface area is 250 Å². The summed E-state index contributed by atoms with van der Waals surface area (Å²) in [5.41, 5.74) is 4.84. The minimum absolute atomic E-state index is 0. The number of hydrogen-bond acceptors (Lipinski definition) is 6. The van der Waals surface area contributed by atoms with E-state index in [2.05, 4.69) is 60.6 Å². The summed E-state index contributed by atoms with van der Waals surface area (Å²) in [6.07, 6.45) is 9.91. The van der Waals surface area contributed by atoms with Crippen LogP contribution in [0.4, 0.5) is 11.4 Å². The number of ether oxygens (including phenoxy) is 2. The SMILES string of the molecule is CCCCN1CCN(c2ccc(N3CCC(OCC(=O)OCC)CC3)cc2C2CCC(C(C)(C)C)CC2)CC1.Cl. The fourth-order valence-electron chi connectivity index (χ4n) is 6.89. The van der Waals surface area contributed by atoms with Gasteiger partial charge >= 0.3 is 5.97 Å². The van der Waals surface area contributed by atoms with Gasteiger partial charge in [-0.05, 0) is 99.4 Å². The average Bonchev–Trinajstić information content (AvgIpc) is 2.95. The van der Waals surface area contributed by atoms with Crippen LogP contribution in [-0.2, 0) is 14.3 Å². The van der Waals surface area contributed by atoms with E-state index in [1.54, 1.807) is 5.56 Å². The Morgan fingerprint density at radius 1 is 0.900 bits per heavy atom. The Morgan fingerprint density at radius 3 is 2.17 bits per heavy atom. The van der Waals surface area contributed by atoms with Gasteiger partial charge in [-0.15, -0.1) is 12.4 Å². The second-order valence-electron chi connectivity index (χ2n) is 13.1. The summed E-state index contributed by atoms with van der Waals surface area (Å²) in [6, 6.07) is 7.34. The van der Waals surface area contributed by atoms with Crippen LogP contribution in [0.3, 0.4) is 0 Å². The minimum atomic E-state index is -0.257. The van der Waals surface area contributed by atoms with Crippen molar-refractivity contribution in [1.82, 2.24) is 4.90 Å². The smallest absolute Gasteiger partial charge is 0.332 e. The van der Waals surface area contributed by atoms with E-state index < -0.39 is 0 Å². The summed E-state index contributed by atoms with van der Waals surface area (Å²) in [4.78, 5) is 19.5. The van der Waals surface area contributed by atoms with E-state index in [-0.39, 0.29) is 31.1 Å². The van der Waals surface area contributed by atoms with Crippen molar-refractivity contribution in [2.75, 3.05) is 68.8 Å². The highest BCUT2D eigenvalue weighted by molar-refractivity contribution is 5.85. The third-order valence-electron chi connectivity index (χ3n) is 9.49. The normalized spacial score (nSPS) is 23.1.